The summed E-state index contributed by atoms with van der Waals surface area (Å²) in [5, 5.41) is 7.49. The zero-order valence-corrected chi connectivity index (χ0v) is 11.4. The monoisotopic (exact) mass is 274 g/mol. The van der Waals surface area contributed by atoms with Gasteiger partial charge >= 0.3 is 0 Å². The lowest BCUT2D eigenvalue weighted by molar-refractivity contribution is 0.627. The summed E-state index contributed by atoms with van der Waals surface area (Å²) in [6.45, 7) is 2.04. The van der Waals surface area contributed by atoms with Gasteiger partial charge in [0.05, 0.1) is 0 Å². The molecule has 0 radical (unpaired) electrons. The van der Waals surface area contributed by atoms with E-state index in [4.69, 9.17) is 11.1 Å². The predicted molar refractivity (Wildman–Crippen MR) is 78.2 cm³/mol. The number of nitrogens with two attached hydrogens (primary N) is 1. The maximum Gasteiger partial charge on any atom is 0.123 e. The van der Waals surface area contributed by atoms with Crippen molar-refractivity contribution < 1.29 is 4.39 Å². The average Bonchev–Trinajstić information content (AvgIpc) is 2.37. The van der Waals surface area contributed by atoms with Crippen molar-refractivity contribution in [3.05, 3.63) is 65.0 Å². The number of hydrogen-bond donors (Lipinski definition) is 2. The van der Waals surface area contributed by atoms with Crippen LogP contribution in [0.3, 0.4) is 0 Å². The highest BCUT2D eigenvalue weighted by Gasteiger charge is 2.07. The lowest BCUT2D eigenvalue weighted by Crippen LogP contribution is -2.13. The van der Waals surface area contributed by atoms with E-state index in [-0.39, 0.29) is 11.7 Å². The van der Waals surface area contributed by atoms with Gasteiger partial charge in [-0.05, 0) is 36.8 Å². The van der Waals surface area contributed by atoms with Crippen LogP contribution in [0.25, 0.3) is 0 Å². The maximum atomic E-state index is 13.2. The summed E-state index contributed by atoms with van der Waals surface area (Å²) in [7, 11) is 0. The summed E-state index contributed by atoms with van der Waals surface area (Å²) in [5.74, 6) is 0.201. The first-order valence-corrected chi connectivity index (χ1v) is 6.87. The van der Waals surface area contributed by atoms with Gasteiger partial charge < -0.3 is 5.73 Å². The predicted octanol–water partition coefficient (Wildman–Crippen LogP) is 3.71. The molecule has 2 aromatic rings. The van der Waals surface area contributed by atoms with Crippen molar-refractivity contribution in [1.82, 2.24) is 0 Å². The van der Waals surface area contributed by atoms with Crippen molar-refractivity contribution >= 4 is 17.6 Å². The zero-order valence-electron chi connectivity index (χ0n) is 10.6. The molecule has 0 aliphatic rings. The topological polar surface area (TPSA) is 49.9 Å². The Morgan fingerprint density at radius 3 is 2.74 bits per heavy atom. The van der Waals surface area contributed by atoms with Crippen molar-refractivity contribution in [1.29, 1.82) is 5.41 Å². The van der Waals surface area contributed by atoms with Crippen LogP contribution in [0.2, 0.25) is 0 Å². The highest BCUT2D eigenvalue weighted by atomic mass is 32.2. The van der Waals surface area contributed by atoms with Gasteiger partial charge in [-0.25, -0.2) is 4.39 Å². The molecule has 2 aromatic carbocycles. The number of benzene rings is 2. The second-order valence-corrected chi connectivity index (χ2v) is 5.37. The van der Waals surface area contributed by atoms with E-state index in [9.17, 15) is 4.39 Å². The summed E-state index contributed by atoms with van der Waals surface area (Å²) in [6.07, 6.45) is 0. The molecule has 0 heterocycles. The van der Waals surface area contributed by atoms with Gasteiger partial charge in [-0.2, -0.15) is 0 Å². The number of thioether (sulfide) groups is 1. The highest BCUT2D eigenvalue weighted by molar-refractivity contribution is 7.98. The first-order valence-electron chi connectivity index (χ1n) is 5.88. The van der Waals surface area contributed by atoms with Crippen LogP contribution in [0.1, 0.15) is 16.7 Å². The van der Waals surface area contributed by atoms with Gasteiger partial charge in [-0.1, -0.05) is 23.8 Å². The maximum absolute atomic E-state index is 13.2. The fraction of sp³-hybridized carbons (Fsp3) is 0.133. The van der Waals surface area contributed by atoms with Gasteiger partial charge in [-0.15, -0.1) is 11.8 Å². The van der Waals surface area contributed by atoms with Crippen LogP contribution in [0, 0.1) is 18.2 Å². The number of rotatable bonds is 4. The molecule has 0 saturated heterocycles. The molecule has 0 bridgehead atoms. The lowest BCUT2D eigenvalue weighted by Gasteiger charge is -2.08. The van der Waals surface area contributed by atoms with Crippen molar-refractivity contribution in [3.8, 4) is 0 Å². The summed E-state index contributed by atoms with van der Waals surface area (Å²) in [5.41, 5.74) is 8.04. The lowest BCUT2D eigenvalue weighted by atomic mass is 10.1. The van der Waals surface area contributed by atoms with Crippen LogP contribution >= 0.6 is 11.8 Å². The second kappa shape index (κ2) is 5.89. The SMILES string of the molecule is Cc1cccc(SCc2ccc(F)cc2C(=N)N)c1. The van der Waals surface area contributed by atoms with Gasteiger partial charge in [0.2, 0.25) is 0 Å². The summed E-state index contributed by atoms with van der Waals surface area (Å²) in [6, 6.07) is 12.6. The Labute approximate surface area is 116 Å². The third-order valence-electron chi connectivity index (χ3n) is 2.75. The van der Waals surface area contributed by atoms with Crippen LogP contribution in [0.4, 0.5) is 4.39 Å². The molecule has 0 amide bonds. The Bertz CT molecular complexity index is 611. The van der Waals surface area contributed by atoms with E-state index in [1.54, 1.807) is 17.8 Å². The largest absolute Gasteiger partial charge is 0.384 e. The second-order valence-electron chi connectivity index (χ2n) is 4.32. The van der Waals surface area contributed by atoms with Crippen molar-refractivity contribution in [2.24, 2.45) is 5.73 Å². The van der Waals surface area contributed by atoms with Crippen LogP contribution in [0.15, 0.2) is 47.4 Å². The Morgan fingerprint density at radius 2 is 2.05 bits per heavy atom. The molecule has 3 N–H and O–H groups in total. The van der Waals surface area contributed by atoms with E-state index in [0.29, 0.717) is 11.3 Å². The molecular weight excluding hydrogens is 259 g/mol. The molecule has 0 aliphatic heterocycles. The molecule has 4 heteroatoms. The quantitative estimate of drug-likeness (QED) is 0.507. The van der Waals surface area contributed by atoms with Gasteiger partial charge in [0, 0.05) is 16.2 Å². The number of amidine groups is 1. The van der Waals surface area contributed by atoms with E-state index in [2.05, 4.69) is 6.07 Å². The molecular formula is C15H15FN2S. The minimum absolute atomic E-state index is 0.0978. The van der Waals surface area contributed by atoms with E-state index in [0.717, 1.165) is 10.5 Å². The minimum atomic E-state index is -0.366. The third-order valence-corrected chi connectivity index (χ3v) is 3.79. The van der Waals surface area contributed by atoms with Crippen LogP contribution in [-0.2, 0) is 5.75 Å². The fourth-order valence-electron chi connectivity index (χ4n) is 1.79. The number of halogens is 1. The van der Waals surface area contributed by atoms with E-state index in [1.807, 2.05) is 25.1 Å². The average molecular weight is 274 g/mol. The summed E-state index contributed by atoms with van der Waals surface area (Å²) >= 11 is 1.65. The molecule has 0 aliphatic carbocycles. The first kappa shape index (κ1) is 13.6. The van der Waals surface area contributed by atoms with Crippen molar-refractivity contribution in [3.63, 3.8) is 0 Å². The number of hydrogen-bond acceptors (Lipinski definition) is 2. The Morgan fingerprint density at radius 1 is 1.26 bits per heavy atom. The molecule has 0 aromatic heterocycles. The standard InChI is InChI=1S/C15H15FN2S/c1-10-3-2-4-13(7-10)19-9-11-5-6-12(16)8-14(11)15(17)18/h2-8H,9H2,1H3,(H3,17,18). The van der Waals surface area contributed by atoms with E-state index in [1.165, 1.54) is 17.7 Å². The first-order chi connectivity index (χ1) is 9.06. The van der Waals surface area contributed by atoms with E-state index < -0.39 is 0 Å². The van der Waals surface area contributed by atoms with Gasteiger partial charge in [0.15, 0.2) is 0 Å². The Balaban J connectivity index is 2.17. The third kappa shape index (κ3) is 3.58. The molecule has 0 spiro atoms. The normalized spacial score (nSPS) is 10.4. The highest BCUT2D eigenvalue weighted by Crippen LogP contribution is 2.25. The molecule has 0 atom stereocenters. The molecule has 0 saturated carbocycles. The van der Waals surface area contributed by atoms with Gasteiger partial charge in [0.25, 0.3) is 0 Å². The molecule has 0 unspecified atom stereocenters. The smallest absolute Gasteiger partial charge is 0.123 e. The minimum Gasteiger partial charge on any atom is -0.384 e. The number of nitrogen functional groups attached to an aromatic ring is 1. The molecule has 19 heavy (non-hydrogen) atoms. The van der Waals surface area contributed by atoms with Crippen molar-refractivity contribution in [2.75, 3.05) is 0 Å². The number of nitrogens with one attached hydrogen (secondary N) is 1. The molecule has 2 nitrogen and oxygen atoms in total. The van der Waals surface area contributed by atoms with Crippen LogP contribution < -0.4 is 5.73 Å². The Kier molecular flexibility index (Phi) is 4.22. The van der Waals surface area contributed by atoms with Crippen molar-refractivity contribution in [2.45, 2.75) is 17.6 Å². The molecule has 0 fully saturated rings. The zero-order chi connectivity index (χ0) is 13.8. The van der Waals surface area contributed by atoms with Crippen LogP contribution in [0.5, 0.6) is 0 Å². The number of aryl methyl sites for hydroxylation is 1. The summed E-state index contributed by atoms with van der Waals surface area (Å²) < 4.78 is 13.2. The fourth-order valence-corrected chi connectivity index (χ4v) is 2.81. The molecule has 98 valence electrons. The van der Waals surface area contributed by atoms with E-state index >= 15 is 0 Å². The summed E-state index contributed by atoms with van der Waals surface area (Å²) in [4.78, 5) is 1.15. The Hall–Kier alpha value is -1.81. The van der Waals surface area contributed by atoms with Gasteiger partial charge in [-0.3, -0.25) is 5.41 Å². The van der Waals surface area contributed by atoms with Gasteiger partial charge in [0.1, 0.15) is 11.7 Å². The molecule has 2 rings (SSSR count). The van der Waals surface area contributed by atoms with Crippen LogP contribution in [-0.4, -0.2) is 5.84 Å².